The molecule has 0 atom stereocenters. The molecule has 35 heavy (non-hydrogen) atoms. The summed E-state index contributed by atoms with van der Waals surface area (Å²) in [6, 6.07) is 18.4. The maximum Gasteiger partial charge on any atom is 0.342 e. The van der Waals surface area contributed by atoms with Gasteiger partial charge in [0.05, 0.1) is 11.5 Å². The van der Waals surface area contributed by atoms with Crippen LogP contribution in [0, 0.1) is 6.92 Å². The lowest BCUT2D eigenvalue weighted by atomic mass is 10.1. The lowest BCUT2D eigenvalue weighted by Gasteiger charge is -2.14. The quantitative estimate of drug-likeness (QED) is 0.236. The largest absolute Gasteiger partial charge is 0.744 e. The van der Waals surface area contributed by atoms with Crippen LogP contribution in [-0.2, 0) is 28.1 Å². The highest BCUT2D eigenvalue weighted by molar-refractivity contribution is 7.85. The number of hydrogen-bond acceptors (Lipinski definition) is 8. The van der Waals surface area contributed by atoms with E-state index in [4.69, 9.17) is 18.6 Å². The van der Waals surface area contributed by atoms with Crippen molar-refractivity contribution in [2.75, 3.05) is 6.61 Å². The lowest BCUT2D eigenvalue weighted by molar-refractivity contribution is 0.0526. The van der Waals surface area contributed by atoms with E-state index in [1.165, 1.54) is 18.2 Å². The van der Waals surface area contributed by atoms with Gasteiger partial charge in [-0.25, -0.2) is 13.2 Å². The fourth-order valence-electron chi connectivity index (χ4n) is 3.60. The highest BCUT2D eigenvalue weighted by Crippen LogP contribution is 2.38. The van der Waals surface area contributed by atoms with Crippen LogP contribution in [-0.4, -0.2) is 25.5 Å². The normalized spacial score (nSPS) is 11.4. The van der Waals surface area contributed by atoms with Gasteiger partial charge < -0.3 is 23.2 Å². The van der Waals surface area contributed by atoms with Crippen LogP contribution < -0.4 is 9.47 Å². The summed E-state index contributed by atoms with van der Waals surface area (Å²) in [6.45, 7) is 3.83. The molecular formula is C26H23O8S-. The molecule has 0 aliphatic carbocycles. The van der Waals surface area contributed by atoms with Gasteiger partial charge >= 0.3 is 5.97 Å². The van der Waals surface area contributed by atoms with Gasteiger partial charge in [-0.2, -0.15) is 0 Å². The predicted molar refractivity (Wildman–Crippen MR) is 126 cm³/mol. The highest BCUT2D eigenvalue weighted by Gasteiger charge is 2.22. The number of furan rings is 1. The molecule has 4 rings (SSSR count). The molecular weight excluding hydrogens is 472 g/mol. The molecule has 0 aliphatic heterocycles. The minimum Gasteiger partial charge on any atom is -0.744 e. The van der Waals surface area contributed by atoms with E-state index in [1.54, 1.807) is 32.0 Å². The van der Waals surface area contributed by atoms with Crippen LogP contribution in [0.3, 0.4) is 0 Å². The van der Waals surface area contributed by atoms with Crippen molar-refractivity contribution in [2.24, 2.45) is 0 Å². The van der Waals surface area contributed by atoms with Crippen molar-refractivity contribution in [3.8, 4) is 11.5 Å². The van der Waals surface area contributed by atoms with E-state index in [1.807, 2.05) is 30.3 Å². The SMILES string of the molecule is CCOC(=O)c1c(C)oc2cc(OCc3ccccc3)c(OCc3cccc(S(=O)(=O)[O-])c3)cc12. The number of carbonyl (C=O) groups is 1. The van der Waals surface area contributed by atoms with E-state index in [0.717, 1.165) is 5.56 Å². The molecule has 1 heterocycles. The van der Waals surface area contributed by atoms with Crippen LogP contribution in [0.5, 0.6) is 11.5 Å². The number of hydrogen-bond donors (Lipinski definition) is 0. The van der Waals surface area contributed by atoms with Gasteiger partial charge in [0.2, 0.25) is 0 Å². The minimum absolute atomic E-state index is 0.0395. The Balaban J connectivity index is 1.70. The molecule has 0 fully saturated rings. The third-order valence-corrected chi connectivity index (χ3v) is 6.06. The topological polar surface area (TPSA) is 115 Å². The maximum absolute atomic E-state index is 12.5. The molecule has 0 radical (unpaired) electrons. The van der Waals surface area contributed by atoms with E-state index in [0.29, 0.717) is 39.4 Å². The Morgan fingerprint density at radius 1 is 0.914 bits per heavy atom. The second kappa shape index (κ2) is 10.2. The van der Waals surface area contributed by atoms with Crippen LogP contribution in [0.15, 0.2) is 76.0 Å². The second-order valence-corrected chi connectivity index (χ2v) is 9.09. The molecule has 0 bridgehead atoms. The summed E-state index contributed by atoms with van der Waals surface area (Å²) in [5.74, 6) is 0.576. The first-order valence-electron chi connectivity index (χ1n) is 10.8. The van der Waals surface area contributed by atoms with Gasteiger partial charge in [0, 0.05) is 11.5 Å². The first kappa shape index (κ1) is 24.3. The van der Waals surface area contributed by atoms with Crippen LogP contribution in [0.25, 0.3) is 11.0 Å². The van der Waals surface area contributed by atoms with E-state index in [2.05, 4.69) is 0 Å². The number of carbonyl (C=O) groups excluding carboxylic acids is 1. The molecule has 0 spiro atoms. The van der Waals surface area contributed by atoms with Gasteiger partial charge in [-0.3, -0.25) is 0 Å². The van der Waals surface area contributed by atoms with Crippen LogP contribution >= 0.6 is 0 Å². The van der Waals surface area contributed by atoms with Gasteiger partial charge in [-0.1, -0.05) is 42.5 Å². The summed E-state index contributed by atoms with van der Waals surface area (Å²) < 4.78 is 57.0. The van der Waals surface area contributed by atoms with E-state index >= 15 is 0 Å². The summed E-state index contributed by atoms with van der Waals surface area (Å²) in [6.07, 6.45) is 0. The molecule has 1 aromatic heterocycles. The Morgan fingerprint density at radius 3 is 2.26 bits per heavy atom. The van der Waals surface area contributed by atoms with Gasteiger partial charge in [0.15, 0.2) is 11.5 Å². The smallest absolute Gasteiger partial charge is 0.342 e. The first-order chi connectivity index (χ1) is 16.8. The number of esters is 1. The molecule has 9 heteroatoms. The number of rotatable bonds is 9. The zero-order valence-electron chi connectivity index (χ0n) is 19.1. The molecule has 0 amide bonds. The third kappa shape index (κ3) is 5.64. The van der Waals surface area contributed by atoms with Crippen molar-refractivity contribution < 1.29 is 36.4 Å². The average Bonchev–Trinajstić information content (AvgIpc) is 3.16. The van der Waals surface area contributed by atoms with Crippen molar-refractivity contribution in [1.29, 1.82) is 0 Å². The molecule has 4 aromatic rings. The van der Waals surface area contributed by atoms with Gasteiger partial charge in [-0.15, -0.1) is 0 Å². The summed E-state index contributed by atoms with van der Waals surface area (Å²) >= 11 is 0. The monoisotopic (exact) mass is 495 g/mol. The van der Waals surface area contributed by atoms with Crippen LogP contribution in [0.2, 0.25) is 0 Å². The molecule has 182 valence electrons. The Hall–Kier alpha value is -3.82. The maximum atomic E-state index is 12.5. The fraction of sp³-hybridized carbons (Fsp3) is 0.192. The first-order valence-corrected chi connectivity index (χ1v) is 12.3. The number of fused-ring (bicyclic) bond motifs is 1. The van der Waals surface area contributed by atoms with Crippen LogP contribution in [0.4, 0.5) is 0 Å². The fourth-order valence-corrected chi connectivity index (χ4v) is 4.14. The van der Waals surface area contributed by atoms with Crippen molar-refractivity contribution >= 4 is 27.1 Å². The Labute approximate surface area is 202 Å². The average molecular weight is 496 g/mol. The molecule has 0 saturated heterocycles. The van der Waals surface area contributed by atoms with Crippen LogP contribution in [0.1, 0.15) is 34.2 Å². The lowest BCUT2D eigenvalue weighted by Crippen LogP contribution is -2.06. The number of aryl methyl sites for hydroxylation is 1. The van der Waals surface area contributed by atoms with E-state index < -0.39 is 16.1 Å². The standard InChI is InChI=1S/C26H24O8S/c1-3-31-26(27)25-17(2)34-22-14-24(32-15-18-8-5-4-6-9-18)23(13-21(22)25)33-16-19-10-7-11-20(12-19)35(28,29)30/h4-14H,3,15-16H2,1-2H3,(H,28,29,30)/p-1. The molecule has 0 aliphatic rings. The van der Waals surface area contributed by atoms with Gasteiger partial charge in [-0.05, 0) is 43.2 Å². The van der Waals surface area contributed by atoms with Crippen molar-refractivity contribution in [3.05, 3.63) is 89.2 Å². The Kier molecular flexibility index (Phi) is 7.09. The predicted octanol–water partition coefficient (Wildman–Crippen LogP) is 4.98. The summed E-state index contributed by atoms with van der Waals surface area (Å²) in [7, 11) is -4.60. The molecule has 0 unspecified atom stereocenters. The Bertz CT molecular complexity index is 1460. The van der Waals surface area contributed by atoms with E-state index in [-0.39, 0.29) is 24.7 Å². The zero-order chi connectivity index (χ0) is 25.0. The summed E-state index contributed by atoms with van der Waals surface area (Å²) in [5.41, 5.74) is 2.14. The molecule has 0 saturated carbocycles. The number of benzene rings is 3. The van der Waals surface area contributed by atoms with E-state index in [9.17, 15) is 17.8 Å². The summed E-state index contributed by atoms with van der Waals surface area (Å²) in [4.78, 5) is 12.2. The molecule has 3 aromatic carbocycles. The number of ether oxygens (including phenoxy) is 3. The van der Waals surface area contributed by atoms with Crippen molar-refractivity contribution in [2.45, 2.75) is 32.0 Å². The molecule has 0 N–H and O–H groups in total. The van der Waals surface area contributed by atoms with Crippen molar-refractivity contribution in [1.82, 2.24) is 0 Å². The zero-order valence-corrected chi connectivity index (χ0v) is 20.0. The van der Waals surface area contributed by atoms with Gasteiger partial charge in [0.25, 0.3) is 0 Å². The highest BCUT2D eigenvalue weighted by atomic mass is 32.2. The molecule has 8 nitrogen and oxygen atoms in total. The van der Waals surface area contributed by atoms with Crippen molar-refractivity contribution in [3.63, 3.8) is 0 Å². The minimum atomic E-state index is -4.60. The van der Waals surface area contributed by atoms with Gasteiger partial charge in [0.1, 0.15) is 40.2 Å². The third-order valence-electron chi connectivity index (χ3n) is 5.23. The Morgan fingerprint density at radius 2 is 1.57 bits per heavy atom. The second-order valence-electron chi connectivity index (χ2n) is 7.71. The summed E-state index contributed by atoms with van der Waals surface area (Å²) in [5, 5.41) is 0.499.